The Kier molecular flexibility index (Phi) is 5.93. The number of carbonyl (C=O) groups excluding carboxylic acids is 2. The zero-order chi connectivity index (χ0) is 22.0. The van der Waals surface area contributed by atoms with Gasteiger partial charge in [-0.25, -0.2) is 9.78 Å². The number of hydrogen-bond donors (Lipinski definition) is 1. The third-order valence-corrected chi connectivity index (χ3v) is 5.95. The minimum Gasteiger partial charge on any atom is -0.339 e. The summed E-state index contributed by atoms with van der Waals surface area (Å²) in [6.07, 6.45) is 3.10. The molecule has 1 fully saturated rings. The molecule has 7 nitrogen and oxygen atoms in total. The molecule has 0 unspecified atom stereocenters. The molecule has 7 heteroatoms. The molecule has 2 heterocycles. The van der Waals surface area contributed by atoms with Gasteiger partial charge in [0.2, 0.25) is 0 Å². The summed E-state index contributed by atoms with van der Waals surface area (Å²) in [6, 6.07) is 13.3. The van der Waals surface area contributed by atoms with Crippen LogP contribution in [0.15, 0.2) is 42.5 Å². The van der Waals surface area contributed by atoms with E-state index in [0.29, 0.717) is 12.1 Å². The lowest BCUT2D eigenvalue weighted by atomic mass is 10.1. The van der Waals surface area contributed by atoms with Gasteiger partial charge in [-0.05, 0) is 55.2 Å². The van der Waals surface area contributed by atoms with Crippen molar-refractivity contribution in [1.82, 2.24) is 19.4 Å². The van der Waals surface area contributed by atoms with Crippen molar-refractivity contribution in [3.8, 4) is 0 Å². The monoisotopic (exact) mass is 419 g/mol. The van der Waals surface area contributed by atoms with Gasteiger partial charge in [0.05, 0.1) is 17.6 Å². The number of fused-ring (bicyclic) bond motifs is 1. The number of nitrogens with zero attached hydrogens (tertiary/aromatic N) is 4. The first-order valence-corrected chi connectivity index (χ1v) is 10.8. The number of amides is 3. The van der Waals surface area contributed by atoms with Crippen LogP contribution in [0.4, 0.5) is 10.5 Å². The van der Waals surface area contributed by atoms with Crippen LogP contribution in [0.1, 0.15) is 41.5 Å². The zero-order valence-electron chi connectivity index (χ0n) is 18.4. The summed E-state index contributed by atoms with van der Waals surface area (Å²) >= 11 is 0. The van der Waals surface area contributed by atoms with E-state index in [0.717, 1.165) is 54.9 Å². The van der Waals surface area contributed by atoms with E-state index < -0.39 is 0 Å². The number of imidazole rings is 1. The van der Waals surface area contributed by atoms with Crippen molar-refractivity contribution in [2.24, 2.45) is 7.05 Å². The van der Waals surface area contributed by atoms with Crippen LogP contribution in [0.25, 0.3) is 11.0 Å². The molecule has 1 aromatic heterocycles. The Morgan fingerprint density at radius 1 is 1.10 bits per heavy atom. The van der Waals surface area contributed by atoms with Crippen LogP contribution in [0, 0.1) is 0 Å². The highest BCUT2D eigenvalue weighted by molar-refractivity contribution is 5.97. The second-order valence-corrected chi connectivity index (χ2v) is 8.13. The van der Waals surface area contributed by atoms with Gasteiger partial charge in [-0.1, -0.05) is 19.1 Å². The predicted molar refractivity (Wildman–Crippen MR) is 122 cm³/mol. The summed E-state index contributed by atoms with van der Waals surface area (Å²) < 4.78 is 1.97. The molecule has 1 saturated heterocycles. The maximum absolute atomic E-state index is 12.7. The van der Waals surface area contributed by atoms with E-state index >= 15 is 0 Å². The van der Waals surface area contributed by atoms with Gasteiger partial charge < -0.3 is 19.7 Å². The van der Waals surface area contributed by atoms with Gasteiger partial charge in [0.1, 0.15) is 5.82 Å². The van der Waals surface area contributed by atoms with Gasteiger partial charge >= 0.3 is 6.03 Å². The van der Waals surface area contributed by atoms with Crippen molar-refractivity contribution in [3.63, 3.8) is 0 Å². The van der Waals surface area contributed by atoms with Gasteiger partial charge in [0, 0.05) is 38.4 Å². The molecule has 0 radical (unpaired) electrons. The first-order valence-electron chi connectivity index (χ1n) is 10.8. The molecule has 0 spiro atoms. The summed E-state index contributed by atoms with van der Waals surface area (Å²) in [5.74, 6) is 0.831. The fraction of sp³-hybridized carbons (Fsp3) is 0.375. The number of hydrogen-bond acceptors (Lipinski definition) is 3. The third-order valence-electron chi connectivity index (χ3n) is 5.95. The topological polar surface area (TPSA) is 70.5 Å². The van der Waals surface area contributed by atoms with Crippen LogP contribution < -0.4 is 5.32 Å². The number of rotatable bonds is 5. The van der Waals surface area contributed by atoms with Gasteiger partial charge in [-0.2, -0.15) is 0 Å². The van der Waals surface area contributed by atoms with Crippen LogP contribution in [0.2, 0.25) is 0 Å². The lowest BCUT2D eigenvalue weighted by Gasteiger charge is -2.18. The number of carbonyl (C=O) groups is 2. The number of likely N-dealkylation sites (tertiary alicyclic amines) is 1. The molecule has 162 valence electrons. The van der Waals surface area contributed by atoms with E-state index in [9.17, 15) is 9.59 Å². The van der Waals surface area contributed by atoms with Gasteiger partial charge in [0.25, 0.3) is 5.91 Å². The highest BCUT2D eigenvalue weighted by Gasteiger charge is 2.21. The maximum atomic E-state index is 12.7. The summed E-state index contributed by atoms with van der Waals surface area (Å²) in [7, 11) is 3.68. The smallest absolute Gasteiger partial charge is 0.321 e. The molecule has 31 heavy (non-hydrogen) atoms. The molecule has 3 aromatic rings. The molecule has 1 N–H and O–H groups in total. The Balaban J connectivity index is 1.47. The number of aromatic nitrogens is 2. The molecule has 0 bridgehead atoms. The van der Waals surface area contributed by atoms with Gasteiger partial charge in [-0.3, -0.25) is 4.79 Å². The number of aryl methyl sites for hydroxylation is 2. The Morgan fingerprint density at radius 2 is 1.81 bits per heavy atom. The normalized spacial score (nSPS) is 13.6. The van der Waals surface area contributed by atoms with Crippen LogP contribution in [0.3, 0.4) is 0 Å². The Morgan fingerprint density at radius 3 is 2.48 bits per heavy atom. The fourth-order valence-corrected chi connectivity index (χ4v) is 3.95. The van der Waals surface area contributed by atoms with Crippen LogP contribution in [-0.4, -0.2) is 51.4 Å². The number of urea groups is 1. The minimum absolute atomic E-state index is 0.0668. The standard InChI is InChI=1S/C24H29N5O2/c1-4-17-7-10-19(11-8-17)25-24(31)27(2)16-22-26-20-15-18(9-12-21(20)28(22)3)23(30)29-13-5-6-14-29/h7-12,15H,4-6,13-14,16H2,1-3H3,(H,25,31). The molecule has 4 rings (SSSR count). The SMILES string of the molecule is CCc1ccc(NC(=O)N(C)Cc2nc3cc(C(=O)N4CCCC4)ccc3n2C)cc1. The highest BCUT2D eigenvalue weighted by Crippen LogP contribution is 2.20. The second kappa shape index (κ2) is 8.79. The largest absolute Gasteiger partial charge is 0.339 e. The molecule has 2 aromatic carbocycles. The summed E-state index contributed by atoms with van der Waals surface area (Å²) in [6.45, 7) is 4.11. The van der Waals surface area contributed by atoms with Gasteiger partial charge in [0.15, 0.2) is 0 Å². The summed E-state index contributed by atoms with van der Waals surface area (Å²) in [5, 5.41) is 2.92. The average Bonchev–Trinajstić information content (AvgIpc) is 3.42. The van der Waals surface area contributed by atoms with Crippen LogP contribution in [-0.2, 0) is 20.0 Å². The van der Waals surface area contributed by atoms with E-state index in [4.69, 9.17) is 4.98 Å². The highest BCUT2D eigenvalue weighted by atomic mass is 16.2. The minimum atomic E-state index is -0.193. The molecule has 0 saturated carbocycles. The molecule has 0 atom stereocenters. The van der Waals surface area contributed by atoms with Crippen molar-refractivity contribution in [2.45, 2.75) is 32.7 Å². The summed E-state index contributed by atoms with van der Waals surface area (Å²) in [4.78, 5) is 33.5. The van der Waals surface area contributed by atoms with Crippen molar-refractivity contribution < 1.29 is 9.59 Å². The van der Waals surface area contributed by atoms with Crippen molar-refractivity contribution >= 4 is 28.7 Å². The van der Waals surface area contributed by atoms with E-state index in [2.05, 4.69) is 12.2 Å². The zero-order valence-corrected chi connectivity index (χ0v) is 18.4. The summed E-state index contributed by atoms with van der Waals surface area (Å²) in [5.41, 5.74) is 4.38. The molecule has 3 amide bonds. The van der Waals surface area contributed by atoms with E-state index in [-0.39, 0.29) is 11.9 Å². The van der Waals surface area contributed by atoms with Crippen molar-refractivity contribution in [2.75, 3.05) is 25.5 Å². The Hall–Kier alpha value is -3.35. The molecule has 1 aliphatic heterocycles. The number of nitrogens with one attached hydrogen (secondary N) is 1. The van der Waals surface area contributed by atoms with E-state index in [1.165, 1.54) is 5.56 Å². The first kappa shape index (κ1) is 20.9. The van der Waals surface area contributed by atoms with Crippen LogP contribution in [0.5, 0.6) is 0 Å². The Labute approximate surface area is 182 Å². The lowest BCUT2D eigenvalue weighted by Crippen LogP contribution is -2.31. The lowest BCUT2D eigenvalue weighted by molar-refractivity contribution is 0.0793. The molecule has 0 aliphatic carbocycles. The average molecular weight is 420 g/mol. The first-order chi connectivity index (χ1) is 15.0. The van der Waals surface area contributed by atoms with Crippen molar-refractivity contribution in [1.29, 1.82) is 0 Å². The quantitative estimate of drug-likeness (QED) is 0.679. The molecular formula is C24H29N5O2. The van der Waals surface area contributed by atoms with Crippen molar-refractivity contribution in [3.05, 3.63) is 59.4 Å². The number of anilines is 1. The van der Waals surface area contributed by atoms with E-state index in [1.807, 2.05) is 59.0 Å². The molecular weight excluding hydrogens is 390 g/mol. The van der Waals surface area contributed by atoms with E-state index in [1.54, 1.807) is 11.9 Å². The fourth-order valence-electron chi connectivity index (χ4n) is 3.95. The predicted octanol–water partition coefficient (Wildman–Crippen LogP) is 4.04. The van der Waals surface area contributed by atoms with Gasteiger partial charge in [-0.15, -0.1) is 0 Å². The van der Waals surface area contributed by atoms with Crippen LogP contribution >= 0.6 is 0 Å². The maximum Gasteiger partial charge on any atom is 0.321 e. The Bertz CT molecular complexity index is 1100. The molecule has 1 aliphatic rings. The third kappa shape index (κ3) is 4.40. The second-order valence-electron chi connectivity index (χ2n) is 8.13. The number of benzene rings is 2.